The van der Waals surface area contributed by atoms with Crippen LogP contribution in [0.3, 0.4) is 0 Å². The first-order chi connectivity index (χ1) is 8.81. The molecule has 0 fully saturated rings. The van der Waals surface area contributed by atoms with Crippen molar-refractivity contribution in [3.05, 3.63) is 42.2 Å². The molecule has 3 rings (SSSR count). The molecule has 0 N–H and O–H groups in total. The van der Waals surface area contributed by atoms with Gasteiger partial charge in [-0.1, -0.05) is 0 Å². The average molecular weight is 242 g/mol. The number of carbonyl (C=O) groups is 1. The van der Waals surface area contributed by atoms with Crippen LogP contribution in [0.25, 0.3) is 22.5 Å². The van der Waals surface area contributed by atoms with E-state index in [4.69, 9.17) is 13.6 Å². The molecule has 0 aliphatic rings. The maximum absolute atomic E-state index is 10.8. The minimum absolute atomic E-state index is 0.535. The molecule has 3 aromatic rings. The molecule has 0 radical (unpaired) electrons. The van der Waals surface area contributed by atoms with Crippen molar-refractivity contribution in [1.82, 2.24) is 0 Å². The van der Waals surface area contributed by atoms with Gasteiger partial charge in [-0.15, -0.1) is 0 Å². The fourth-order valence-corrected chi connectivity index (χ4v) is 1.90. The van der Waals surface area contributed by atoms with E-state index in [1.807, 2.05) is 12.1 Å². The first kappa shape index (κ1) is 10.7. The molecule has 4 nitrogen and oxygen atoms in total. The summed E-state index contributed by atoms with van der Waals surface area (Å²) in [6, 6.07) is 8.82. The summed E-state index contributed by atoms with van der Waals surface area (Å²) in [5.74, 6) is 1.78. The zero-order valence-corrected chi connectivity index (χ0v) is 9.67. The molecular weight excluding hydrogens is 232 g/mol. The zero-order valence-electron chi connectivity index (χ0n) is 9.67. The SMILES string of the molecule is COc1cc(C=O)cc2cc(-c3ccco3)oc12. The normalized spacial score (nSPS) is 10.7. The van der Waals surface area contributed by atoms with Crippen LogP contribution in [-0.4, -0.2) is 13.4 Å². The van der Waals surface area contributed by atoms with Crippen molar-refractivity contribution in [3.63, 3.8) is 0 Å². The highest BCUT2D eigenvalue weighted by Crippen LogP contribution is 2.34. The van der Waals surface area contributed by atoms with Crippen LogP contribution in [-0.2, 0) is 0 Å². The zero-order chi connectivity index (χ0) is 12.5. The lowest BCUT2D eigenvalue weighted by Crippen LogP contribution is -1.86. The van der Waals surface area contributed by atoms with Gasteiger partial charge in [-0.25, -0.2) is 0 Å². The van der Waals surface area contributed by atoms with Crippen LogP contribution in [0.2, 0.25) is 0 Å². The Morgan fingerprint density at radius 3 is 2.78 bits per heavy atom. The van der Waals surface area contributed by atoms with E-state index in [0.29, 0.717) is 28.4 Å². The summed E-state index contributed by atoms with van der Waals surface area (Å²) in [6.07, 6.45) is 2.36. The van der Waals surface area contributed by atoms with Crippen molar-refractivity contribution >= 4 is 17.3 Å². The third-order valence-electron chi connectivity index (χ3n) is 2.72. The van der Waals surface area contributed by atoms with Crippen molar-refractivity contribution < 1.29 is 18.4 Å². The largest absolute Gasteiger partial charge is 0.493 e. The van der Waals surface area contributed by atoms with Crippen LogP contribution in [0.15, 0.2) is 45.4 Å². The number of furan rings is 2. The highest BCUT2D eigenvalue weighted by Gasteiger charge is 2.13. The molecule has 4 heteroatoms. The minimum atomic E-state index is 0.535. The second kappa shape index (κ2) is 4.07. The summed E-state index contributed by atoms with van der Waals surface area (Å²) in [7, 11) is 1.54. The Bertz CT molecular complexity index is 692. The lowest BCUT2D eigenvalue weighted by Gasteiger charge is -2.00. The molecule has 2 heterocycles. The lowest BCUT2D eigenvalue weighted by molar-refractivity contribution is 0.112. The number of benzene rings is 1. The second-order valence-corrected chi connectivity index (χ2v) is 3.85. The lowest BCUT2D eigenvalue weighted by atomic mass is 10.1. The number of aldehydes is 1. The Hall–Kier alpha value is -2.49. The molecule has 1 aromatic carbocycles. The van der Waals surface area contributed by atoms with E-state index in [0.717, 1.165) is 11.7 Å². The maximum atomic E-state index is 10.8. The number of methoxy groups -OCH3 is 1. The predicted octanol–water partition coefficient (Wildman–Crippen LogP) is 3.51. The molecule has 0 bridgehead atoms. The molecule has 0 aliphatic heterocycles. The molecule has 0 atom stereocenters. The van der Waals surface area contributed by atoms with Gasteiger partial charge in [0.1, 0.15) is 6.29 Å². The monoisotopic (exact) mass is 242 g/mol. The Morgan fingerprint density at radius 2 is 2.11 bits per heavy atom. The Balaban J connectivity index is 2.25. The number of rotatable bonds is 3. The van der Waals surface area contributed by atoms with Gasteiger partial charge >= 0.3 is 0 Å². The third-order valence-corrected chi connectivity index (χ3v) is 2.72. The van der Waals surface area contributed by atoms with Crippen molar-refractivity contribution in [2.24, 2.45) is 0 Å². The molecule has 90 valence electrons. The van der Waals surface area contributed by atoms with Crippen molar-refractivity contribution in [2.45, 2.75) is 0 Å². The molecule has 0 saturated heterocycles. The smallest absolute Gasteiger partial charge is 0.176 e. The average Bonchev–Trinajstić information content (AvgIpc) is 3.05. The minimum Gasteiger partial charge on any atom is -0.493 e. The van der Waals surface area contributed by atoms with Gasteiger partial charge in [-0.05, 0) is 30.3 Å². The number of hydrogen-bond acceptors (Lipinski definition) is 4. The quantitative estimate of drug-likeness (QED) is 0.659. The first-order valence-corrected chi connectivity index (χ1v) is 5.42. The summed E-state index contributed by atoms with van der Waals surface area (Å²) in [4.78, 5) is 10.8. The first-order valence-electron chi connectivity index (χ1n) is 5.42. The van der Waals surface area contributed by atoms with Crippen molar-refractivity contribution in [3.8, 4) is 17.3 Å². The van der Waals surface area contributed by atoms with Gasteiger partial charge in [0, 0.05) is 10.9 Å². The molecule has 2 aromatic heterocycles. The molecular formula is C14H10O4. The Labute approximate surface area is 103 Å². The topological polar surface area (TPSA) is 52.6 Å². The van der Waals surface area contributed by atoms with Crippen LogP contribution in [0, 0.1) is 0 Å². The molecule has 18 heavy (non-hydrogen) atoms. The van der Waals surface area contributed by atoms with Crippen LogP contribution in [0.5, 0.6) is 5.75 Å². The summed E-state index contributed by atoms with van der Waals surface area (Å²) in [5, 5.41) is 0.808. The van der Waals surface area contributed by atoms with Gasteiger partial charge in [0.25, 0.3) is 0 Å². The summed E-state index contributed by atoms with van der Waals surface area (Å²) in [5.41, 5.74) is 1.15. The number of carbonyl (C=O) groups excluding carboxylic acids is 1. The summed E-state index contributed by atoms with van der Waals surface area (Å²) in [6.45, 7) is 0. The highest BCUT2D eigenvalue weighted by atomic mass is 16.5. The van der Waals surface area contributed by atoms with E-state index in [-0.39, 0.29) is 0 Å². The number of fused-ring (bicyclic) bond motifs is 1. The predicted molar refractivity (Wildman–Crippen MR) is 65.9 cm³/mol. The molecule has 0 saturated carbocycles. The van der Waals surface area contributed by atoms with Gasteiger partial charge in [0.2, 0.25) is 0 Å². The van der Waals surface area contributed by atoms with Crippen LogP contribution < -0.4 is 4.74 Å². The molecule has 0 aliphatic carbocycles. The molecule has 0 spiro atoms. The van der Waals surface area contributed by atoms with Gasteiger partial charge < -0.3 is 13.6 Å². The molecule has 0 unspecified atom stereocenters. The fraction of sp³-hybridized carbons (Fsp3) is 0.0714. The van der Waals surface area contributed by atoms with Crippen molar-refractivity contribution in [1.29, 1.82) is 0 Å². The number of hydrogen-bond donors (Lipinski definition) is 0. The van der Waals surface area contributed by atoms with Gasteiger partial charge in [-0.3, -0.25) is 4.79 Å². The van der Waals surface area contributed by atoms with E-state index in [2.05, 4.69) is 0 Å². The maximum Gasteiger partial charge on any atom is 0.176 e. The van der Waals surface area contributed by atoms with Gasteiger partial charge in [0.15, 0.2) is 22.9 Å². The summed E-state index contributed by atoms with van der Waals surface area (Å²) < 4.78 is 16.2. The Kier molecular flexibility index (Phi) is 2.41. The number of ether oxygens (including phenoxy) is 1. The Morgan fingerprint density at radius 1 is 1.22 bits per heavy atom. The fourth-order valence-electron chi connectivity index (χ4n) is 1.90. The van der Waals surface area contributed by atoms with E-state index < -0.39 is 0 Å². The highest BCUT2D eigenvalue weighted by molar-refractivity contribution is 5.92. The van der Waals surface area contributed by atoms with Gasteiger partial charge in [0.05, 0.1) is 13.4 Å². The second-order valence-electron chi connectivity index (χ2n) is 3.85. The van der Waals surface area contributed by atoms with Gasteiger partial charge in [-0.2, -0.15) is 0 Å². The summed E-state index contributed by atoms with van der Waals surface area (Å²) >= 11 is 0. The van der Waals surface area contributed by atoms with E-state index >= 15 is 0 Å². The van der Waals surface area contributed by atoms with Crippen LogP contribution >= 0.6 is 0 Å². The van der Waals surface area contributed by atoms with E-state index in [9.17, 15) is 4.79 Å². The van der Waals surface area contributed by atoms with Crippen LogP contribution in [0.4, 0.5) is 0 Å². The standard InChI is InChI=1S/C14H10O4/c1-16-13-6-9(8-15)5-10-7-12(18-14(10)13)11-3-2-4-17-11/h2-8H,1H3. The van der Waals surface area contributed by atoms with Crippen molar-refractivity contribution in [2.75, 3.05) is 7.11 Å². The van der Waals surface area contributed by atoms with E-state index in [1.54, 1.807) is 31.6 Å². The van der Waals surface area contributed by atoms with E-state index in [1.165, 1.54) is 0 Å². The van der Waals surface area contributed by atoms with Crippen LogP contribution in [0.1, 0.15) is 10.4 Å². The third kappa shape index (κ3) is 1.59. The molecule has 0 amide bonds.